The zero-order valence-electron chi connectivity index (χ0n) is 15.6. The van der Waals surface area contributed by atoms with E-state index in [2.05, 4.69) is 27.3 Å². The fourth-order valence-electron chi connectivity index (χ4n) is 3.38. The molecule has 0 spiro atoms. The van der Waals surface area contributed by atoms with E-state index in [0.29, 0.717) is 17.8 Å². The number of aryl methyl sites for hydroxylation is 1. The van der Waals surface area contributed by atoms with E-state index < -0.39 is 0 Å². The second-order valence-corrected chi connectivity index (χ2v) is 6.87. The normalized spacial score (nSPS) is 11.0. The fourth-order valence-corrected chi connectivity index (χ4v) is 3.38. The Bertz CT molecular complexity index is 1370. The third-order valence-electron chi connectivity index (χ3n) is 4.81. The zero-order chi connectivity index (χ0) is 19.8. The second kappa shape index (κ2) is 6.77. The first-order chi connectivity index (χ1) is 14.2. The van der Waals surface area contributed by atoms with Gasteiger partial charge in [-0.1, -0.05) is 12.1 Å². The summed E-state index contributed by atoms with van der Waals surface area (Å²) in [6, 6.07) is 11.8. The summed E-state index contributed by atoms with van der Waals surface area (Å²) in [5, 5.41) is 18.7. The lowest BCUT2D eigenvalue weighted by atomic mass is 10.1. The molecular weight excluding hydrogens is 364 g/mol. The predicted molar refractivity (Wildman–Crippen MR) is 108 cm³/mol. The van der Waals surface area contributed by atoms with Gasteiger partial charge in [0.2, 0.25) is 5.71 Å². The van der Waals surface area contributed by atoms with Gasteiger partial charge < -0.3 is 4.42 Å². The number of aromatic nitrogens is 5. The van der Waals surface area contributed by atoms with Crippen LogP contribution >= 0.6 is 0 Å². The quantitative estimate of drug-likeness (QED) is 0.470. The smallest absolute Gasteiger partial charge is 0.226 e. The lowest BCUT2D eigenvalue weighted by molar-refractivity contribution is 0.604. The second-order valence-electron chi connectivity index (χ2n) is 6.87. The van der Waals surface area contributed by atoms with Crippen molar-refractivity contribution in [3.63, 3.8) is 0 Å². The van der Waals surface area contributed by atoms with Crippen molar-refractivity contribution in [3.8, 4) is 28.3 Å². The molecule has 5 rings (SSSR count). The third kappa shape index (κ3) is 3.17. The van der Waals surface area contributed by atoms with Crippen molar-refractivity contribution in [2.24, 2.45) is 7.05 Å². The molecule has 7 heteroatoms. The van der Waals surface area contributed by atoms with Crippen molar-refractivity contribution in [1.82, 2.24) is 24.5 Å². The maximum atomic E-state index is 9.07. The van der Waals surface area contributed by atoms with Crippen LogP contribution in [0.25, 0.3) is 33.4 Å². The molecule has 0 atom stereocenters. The number of benzene rings is 1. The Morgan fingerprint density at radius 1 is 1.03 bits per heavy atom. The summed E-state index contributed by atoms with van der Waals surface area (Å²) in [6.07, 6.45) is 11.1. The highest BCUT2D eigenvalue weighted by atomic mass is 16.3. The first-order valence-electron chi connectivity index (χ1n) is 9.08. The minimum Gasteiger partial charge on any atom is -0.445 e. The molecule has 29 heavy (non-hydrogen) atoms. The Labute approximate surface area is 166 Å². The molecule has 0 aliphatic carbocycles. The van der Waals surface area contributed by atoms with Crippen LogP contribution in [0.2, 0.25) is 0 Å². The predicted octanol–water partition coefficient (Wildman–Crippen LogP) is 4.01. The first kappa shape index (κ1) is 17.0. The van der Waals surface area contributed by atoms with Crippen LogP contribution < -0.4 is 0 Å². The molecule has 0 aliphatic rings. The average molecular weight is 380 g/mol. The van der Waals surface area contributed by atoms with Crippen LogP contribution in [0.1, 0.15) is 11.1 Å². The molecule has 0 aliphatic heterocycles. The molecule has 4 heterocycles. The zero-order valence-corrected chi connectivity index (χ0v) is 15.6. The molecule has 0 fully saturated rings. The van der Waals surface area contributed by atoms with Crippen LogP contribution in [0.15, 0.2) is 72.0 Å². The molecule has 140 valence electrons. The van der Waals surface area contributed by atoms with E-state index in [9.17, 15) is 0 Å². The van der Waals surface area contributed by atoms with Crippen molar-refractivity contribution < 1.29 is 4.42 Å². The fraction of sp³-hybridized carbons (Fsp3) is 0.0909. The van der Waals surface area contributed by atoms with E-state index in [-0.39, 0.29) is 0 Å². The van der Waals surface area contributed by atoms with Gasteiger partial charge in [0.1, 0.15) is 6.26 Å². The average Bonchev–Trinajstić information content (AvgIpc) is 3.47. The Morgan fingerprint density at radius 3 is 2.76 bits per heavy atom. The van der Waals surface area contributed by atoms with Gasteiger partial charge in [0.25, 0.3) is 0 Å². The van der Waals surface area contributed by atoms with Crippen LogP contribution in [0.4, 0.5) is 0 Å². The molecule has 0 amide bonds. The van der Waals surface area contributed by atoms with E-state index in [1.54, 1.807) is 23.2 Å². The van der Waals surface area contributed by atoms with Crippen molar-refractivity contribution in [2.75, 3.05) is 0 Å². The summed E-state index contributed by atoms with van der Waals surface area (Å²) < 4.78 is 9.27. The standard InChI is InChI=1S/C22H16N6O/c1-27-12-18(9-25-27)17-6-20-21(14-29-22(20)24-8-17)19-10-26-28(13-19)11-16-4-2-3-15(5-16)7-23/h2-6,8-10,12-14H,11H2,1H3. The highest BCUT2D eigenvalue weighted by Gasteiger charge is 2.13. The van der Waals surface area contributed by atoms with Gasteiger partial charge in [-0.05, 0) is 23.8 Å². The minimum absolute atomic E-state index is 0.585. The molecule has 7 nitrogen and oxygen atoms in total. The van der Waals surface area contributed by atoms with Gasteiger partial charge in [-0.3, -0.25) is 9.36 Å². The number of furan rings is 1. The Kier molecular flexibility index (Phi) is 3.96. The van der Waals surface area contributed by atoms with Gasteiger partial charge in [0.05, 0.1) is 30.6 Å². The summed E-state index contributed by atoms with van der Waals surface area (Å²) in [4.78, 5) is 4.45. The minimum atomic E-state index is 0.585. The number of fused-ring (bicyclic) bond motifs is 1. The maximum absolute atomic E-state index is 9.07. The van der Waals surface area contributed by atoms with Crippen molar-refractivity contribution in [3.05, 3.63) is 78.7 Å². The van der Waals surface area contributed by atoms with E-state index in [4.69, 9.17) is 9.68 Å². The number of rotatable bonds is 4. The molecule has 1 aromatic carbocycles. The van der Waals surface area contributed by atoms with Gasteiger partial charge in [0, 0.05) is 53.3 Å². The van der Waals surface area contributed by atoms with Gasteiger partial charge in [0.15, 0.2) is 0 Å². The molecule has 0 radical (unpaired) electrons. The SMILES string of the molecule is Cn1cc(-c2cnc3occ(-c4cnn(Cc5cccc(C#N)c5)c4)c3c2)cn1. The largest absolute Gasteiger partial charge is 0.445 e. The van der Waals surface area contributed by atoms with E-state index in [0.717, 1.165) is 33.2 Å². The number of hydrogen-bond donors (Lipinski definition) is 0. The molecule has 0 saturated carbocycles. The first-order valence-corrected chi connectivity index (χ1v) is 9.08. The molecular formula is C22H16N6O. The van der Waals surface area contributed by atoms with Gasteiger partial charge in [-0.25, -0.2) is 4.98 Å². The lowest BCUT2D eigenvalue weighted by Crippen LogP contribution is -1.99. The molecule has 0 unspecified atom stereocenters. The highest BCUT2D eigenvalue weighted by molar-refractivity contribution is 5.94. The van der Waals surface area contributed by atoms with Crippen LogP contribution in [0.5, 0.6) is 0 Å². The number of nitrogens with zero attached hydrogens (tertiary/aromatic N) is 6. The number of hydrogen-bond acceptors (Lipinski definition) is 5. The summed E-state index contributed by atoms with van der Waals surface area (Å²) >= 11 is 0. The number of pyridine rings is 1. The lowest BCUT2D eigenvalue weighted by Gasteiger charge is -2.02. The van der Waals surface area contributed by atoms with E-state index >= 15 is 0 Å². The third-order valence-corrected chi connectivity index (χ3v) is 4.81. The van der Waals surface area contributed by atoms with Crippen LogP contribution in [0.3, 0.4) is 0 Å². The Balaban J connectivity index is 1.49. The Morgan fingerprint density at radius 2 is 1.93 bits per heavy atom. The van der Waals surface area contributed by atoms with Crippen molar-refractivity contribution >= 4 is 11.1 Å². The molecule has 0 bridgehead atoms. The topological polar surface area (TPSA) is 85.5 Å². The summed E-state index contributed by atoms with van der Waals surface area (Å²) in [6.45, 7) is 0.588. The summed E-state index contributed by atoms with van der Waals surface area (Å²) in [5.41, 5.74) is 6.12. The molecule has 5 aromatic rings. The maximum Gasteiger partial charge on any atom is 0.226 e. The van der Waals surface area contributed by atoms with Crippen molar-refractivity contribution in [1.29, 1.82) is 5.26 Å². The van der Waals surface area contributed by atoms with Gasteiger partial charge in [-0.2, -0.15) is 15.5 Å². The summed E-state index contributed by atoms with van der Waals surface area (Å²) in [7, 11) is 1.89. The van der Waals surface area contributed by atoms with Crippen LogP contribution in [-0.2, 0) is 13.6 Å². The van der Waals surface area contributed by atoms with E-state index in [1.807, 2.05) is 54.7 Å². The monoisotopic (exact) mass is 380 g/mol. The Hall–Kier alpha value is -4.18. The molecule has 0 N–H and O–H groups in total. The van der Waals surface area contributed by atoms with Crippen LogP contribution in [-0.4, -0.2) is 24.5 Å². The van der Waals surface area contributed by atoms with E-state index in [1.165, 1.54) is 0 Å². The van der Waals surface area contributed by atoms with Gasteiger partial charge >= 0.3 is 0 Å². The van der Waals surface area contributed by atoms with Crippen molar-refractivity contribution in [2.45, 2.75) is 6.54 Å². The summed E-state index contributed by atoms with van der Waals surface area (Å²) in [5.74, 6) is 0. The molecule has 0 saturated heterocycles. The molecule has 4 aromatic heterocycles. The number of nitriles is 1. The van der Waals surface area contributed by atoms with Crippen LogP contribution in [0, 0.1) is 11.3 Å². The van der Waals surface area contributed by atoms with Gasteiger partial charge in [-0.15, -0.1) is 0 Å². The highest BCUT2D eigenvalue weighted by Crippen LogP contribution is 2.32.